The fourth-order valence-corrected chi connectivity index (χ4v) is 11.6. The Labute approximate surface area is 590 Å². The summed E-state index contributed by atoms with van der Waals surface area (Å²) in [6.45, 7) is 3.52. The third kappa shape index (κ3) is 20.6. The number of pyridine rings is 3. The summed E-state index contributed by atoms with van der Waals surface area (Å²) in [5, 5.41) is 33.7. The summed E-state index contributed by atoms with van der Waals surface area (Å²) in [5.41, 5.74) is 11.6. The van der Waals surface area contributed by atoms with Crippen LogP contribution in [-0.4, -0.2) is 122 Å². The number of carbonyl (C=O) groups excluding carboxylic acids is 6. The molecule has 21 nitrogen and oxygen atoms in total. The quantitative estimate of drug-likeness (QED) is 0.0341. The molecule has 6 aromatic carbocycles. The first-order valence-electron chi connectivity index (χ1n) is 30.8. The van der Waals surface area contributed by atoms with Crippen molar-refractivity contribution in [3.05, 3.63) is 264 Å². The second-order valence-corrected chi connectivity index (χ2v) is 25.8. The van der Waals surface area contributed by atoms with E-state index in [2.05, 4.69) is 109 Å². The summed E-state index contributed by atoms with van der Waals surface area (Å²) in [4.78, 5) is 97.1. The molecule has 6 amide bonds. The Balaban J connectivity index is 0.000000171. The average Bonchev–Trinajstić information content (AvgIpc) is 0.916. The Morgan fingerprint density at radius 3 is 1.01 bits per heavy atom. The van der Waals surface area contributed by atoms with Gasteiger partial charge in [-0.3, -0.25) is 44.6 Å². The number of aliphatic imine (C=N–C) groups is 1. The smallest absolute Gasteiger partial charge is 0.258 e. The van der Waals surface area contributed by atoms with E-state index in [1.54, 1.807) is 195 Å². The van der Waals surface area contributed by atoms with Gasteiger partial charge >= 0.3 is 0 Å². The Morgan fingerprint density at radius 1 is 0.392 bits per heavy atom. The lowest BCUT2D eigenvalue weighted by molar-refractivity contribution is 0.101. The van der Waals surface area contributed by atoms with Crippen LogP contribution >= 0.6 is 59.6 Å². The van der Waals surface area contributed by atoms with E-state index in [4.69, 9.17) is 16.6 Å². The molecule has 5 heterocycles. The molecule has 0 aliphatic carbocycles. The van der Waals surface area contributed by atoms with Gasteiger partial charge in [-0.2, -0.15) is 11.8 Å². The maximum Gasteiger partial charge on any atom is 0.258 e. The molecule has 494 valence electrons. The standard InChI is InChI=1S/C27H28BrN5O2.C24H22BrN5O2S.C21H18BrN5O2/c28-21-14-15-24(30-18-21)32-27(35)22-8-4-5-9-23(22)31-26(34)20-12-10-19(11-13-20)25(29)33-16-6-2-1-3-7-17-33;25-18-9-10-21(27-15-18)29-24(32)19-3-1-2-4-20(19)28-23(31)17-7-5-16(6-8-17)22(26)30-11-13-33-14-12-30;1-24-19(23)13-6-8-14(9-7-13)20(28)26-17-5-3-2-4-16(17)21(29)27-18-11-10-15(22)12-25-18/h4-5,8-15,18,29H,1-3,6-7,16-17H2,(H,31,34)(H,30,32,35);1-10,15,26H,11-14H2,(H,28,31)(H,27,29,32);2-12H,1H3,(H2,23,24)(H,26,28)(H,25,27,29). The highest BCUT2D eigenvalue weighted by molar-refractivity contribution is 9.11. The van der Waals surface area contributed by atoms with E-state index in [1.165, 1.54) is 19.3 Å². The van der Waals surface area contributed by atoms with Crippen molar-refractivity contribution in [2.75, 3.05) is 76.6 Å². The number of anilines is 6. The van der Waals surface area contributed by atoms with Crippen LogP contribution in [0.3, 0.4) is 0 Å². The van der Waals surface area contributed by atoms with Crippen molar-refractivity contribution in [2.45, 2.75) is 32.1 Å². The zero-order valence-electron chi connectivity index (χ0n) is 52.6. The number of para-hydroxylation sites is 3. The number of nitrogens with one attached hydrogen (secondary N) is 8. The summed E-state index contributed by atoms with van der Waals surface area (Å²) >= 11 is 11.8. The van der Waals surface area contributed by atoms with Gasteiger partial charge < -0.3 is 47.4 Å². The molecule has 25 heteroatoms. The van der Waals surface area contributed by atoms with Gasteiger partial charge in [-0.05, 0) is 170 Å². The summed E-state index contributed by atoms with van der Waals surface area (Å²) in [6.07, 6.45) is 10.7. The van der Waals surface area contributed by atoms with Crippen LogP contribution in [0.4, 0.5) is 34.5 Å². The molecule has 97 heavy (non-hydrogen) atoms. The van der Waals surface area contributed by atoms with Gasteiger partial charge in [0.1, 0.15) is 35.0 Å². The Bertz CT molecular complexity index is 4290. The molecular weight excluding hydrogens is 1440 g/mol. The van der Waals surface area contributed by atoms with Crippen LogP contribution in [-0.2, 0) is 0 Å². The lowest BCUT2D eigenvalue weighted by Crippen LogP contribution is -2.37. The van der Waals surface area contributed by atoms with Crippen LogP contribution in [0.1, 0.15) is 111 Å². The van der Waals surface area contributed by atoms with Gasteiger partial charge in [0.15, 0.2) is 0 Å². The molecule has 2 fully saturated rings. The number of carbonyl (C=O) groups is 6. The van der Waals surface area contributed by atoms with E-state index < -0.39 is 0 Å². The van der Waals surface area contributed by atoms with E-state index >= 15 is 0 Å². The molecule has 0 unspecified atom stereocenters. The van der Waals surface area contributed by atoms with E-state index in [9.17, 15) is 28.8 Å². The number of amidine groups is 3. The van der Waals surface area contributed by atoms with Crippen molar-refractivity contribution < 1.29 is 28.8 Å². The molecule has 9 aromatic rings. The maximum atomic E-state index is 12.9. The number of thioether (sulfide) groups is 1. The largest absolute Gasteiger partial charge is 0.384 e. The summed E-state index contributed by atoms with van der Waals surface area (Å²) < 4.78 is 2.43. The molecule has 2 aliphatic heterocycles. The molecule has 0 atom stereocenters. The number of hydrogen-bond acceptors (Lipinski definition) is 13. The van der Waals surface area contributed by atoms with Crippen LogP contribution in [0.15, 0.2) is 219 Å². The molecule has 0 saturated carbocycles. The second-order valence-electron chi connectivity index (χ2n) is 21.8. The predicted octanol–water partition coefficient (Wildman–Crippen LogP) is 14.3. The van der Waals surface area contributed by atoms with Gasteiger partial charge in [-0.1, -0.05) is 92.1 Å². The molecule has 10 N–H and O–H groups in total. The topological polar surface area (TPSA) is 306 Å². The van der Waals surface area contributed by atoms with Crippen LogP contribution in [0.5, 0.6) is 0 Å². The van der Waals surface area contributed by atoms with Gasteiger partial charge in [0, 0.05) is 110 Å². The SMILES string of the molecule is CN=C(N)c1ccc(C(=O)Nc2ccccc2C(=O)Nc2ccc(Br)cn2)cc1.N=C(c1ccc(C(=O)Nc2ccccc2C(=O)Nc2ccc(Br)cn2)cc1)N1CCCCCCC1.N=C(c1ccc(C(=O)Nc2ccccc2C(=O)Nc2ccc(Br)cn2)cc1)N1CCSCC1. The minimum Gasteiger partial charge on any atom is -0.384 e. The van der Waals surface area contributed by atoms with Gasteiger partial charge in [0.2, 0.25) is 0 Å². The van der Waals surface area contributed by atoms with Crippen LogP contribution < -0.4 is 37.6 Å². The van der Waals surface area contributed by atoms with Crippen molar-refractivity contribution >= 4 is 147 Å². The summed E-state index contributed by atoms with van der Waals surface area (Å²) in [7, 11) is 1.60. The Morgan fingerprint density at radius 2 is 0.691 bits per heavy atom. The van der Waals surface area contributed by atoms with E-state index in [1.807, 2.05) is 23.9 Å². The van der Waals surface area contributed by atoms with Crippen LogP contribution in [0.25, 0.3) is 0 Å². The molecule has 2 saturated heterocycles. The van der Waals surface area contributed by atoms with Gasteiger partial charge in [0.05, 0.1) is 33.8 Å². The fourth-order valence-electron chi connectivity index (χ4n) is 9.96. The lowest BCUT2D eigenvalue weighted by atomic mass is 10.1. The van der Waals surface area contributed by atoms with Crippen LogP contribution in [0.2, 0.25) is 0 Å². The highest BCUT2D eigenvalue weighted by atomic mass is 79.9. The van der Waals surface area contributed by atoms with Crippen molar-refractivity contribution in [1.82, 2.24) is 24.8 Å². The lowest BCUT2D eigenvalue weighted by Gasteiger charge is -2.28. The highest BCUT2D eigenvalue weighted by Crippen LogP contribution is 2.25. The first-order valence-corrected chi connectivity index (χ1v) is 34.3. The van der Waals surface area contributed by atoms with E-state index in [0.29, 0.717) is 85.4 Å². The first-order chi connectivity index (χ1) is 47.0. The van der Waals surface area contributed by atoms with Crippen molar-refractivity contribution in [1.29, 1.82) is 10.8 Å². The highest BCUT2D eigenvalue weighted by Gasteiger charge is 2.21. The minimum atomic E-state index is -0.377. The number of aromatic nitrogens is 3. The number of nitrogens with two attached hydrogens (primary N) is 1. The molecule has 0 spiro atoms. The molecule has 11 rings (SSSR count). The van der Waals surface area contributed by atoms with Crippen molar-refractivity contribution in [2.24, 2.45) is 10.7 Å². The van der Waals surface area contributed by atoms with Crippen LogP contribution in [0, 0.1) is 10.8 Å². The summed E-state index contributed by atoms with van der Waals surface area (Å²) in [6, 6.07) is 51.6. The summed E-state index contributed by atoms with van der Waals surface area (Å²) in [5.74, 6) is 2.54. The van der Waals surface area contributed by atoms with Gasteiger partial charge in [-0.25, -0.2) is 15.0 Å². The number of amides is 6. The zero-order valence-corrected chi connectivity index (χ0v) is 58.2. The number of halogens is 3. The number of rotatable bonds is 15. The molecule has 0 radical (unpaired) electrons. The number of hydrogen-bond donors (Lipinski definition) is 9. The normalized spacial score (nSPS) is 12.8. The Kier molecular flexibility index (Phi) is 26.0. The molecular formula is C72H68Br3N15O6S. The second kappa shape index (κ2) is 35.5. The fraction of sp³-hybridized carbons (Fsp3) is 0.167. The third-order valence-corrected chi connectivity index (χ3v) is 17.5. The van der Waals surface area contributed by atoms with Crippen molar-refractivity contribution in [3.8, 4) is 0 Å². The zero-order chi connectivity index (χ0) is 68.6. The number of likely N-dealkylation sites (tertiary alicyclic amines) is 1. The monoisotopic (exact) mass is 1510 g/mol. The molecule has 0 bridgehead atoms. The Hall–Kier alpha value is -10.2. The number of benzene rings is 6. The number of nitrogens with zero attached hydrogens (tertiary/aromatic N) is 6. The van der Waals surface area contributed by atoms with Gasteiger partial charge in [-0.15, -0.1) is 0 Å². The van der Waals surface area contributed by atoms with E-state index in [-0.39, 0.29) is 35.4 Å². The molecule has 2 aliphatic rings. The van der Waals surface area contributed by atoms with E-state index in [0.717, 1.165) is 80.6 Å². The molecule has 3 aromatic heterocycles. The maximum absolute atomic E-state index is 12.9. The third-order valence-electron chi connectivity index (χ3n) is 15.2. The average molecular weight is 1510 g/mol. The van der Waals surface area contributed by atoms with Crippen molar-refractivity contribution in [3.63, 3.8) is 0 Å². The first kappa shape index (κ1) is 71.1. The van der Waals surface area contributed by atoms with Gasteiger partial charge in [0.25, 0.3) is 35.4 Å². The predicted molar refractivity (Wildman–Crippen MR) is 396 cm³/mol. The minimum absolute atomic E-state index is 0.323.